The van der Waals surface area contributed by atoms with E-state index in [0.29, 0.717) is 6.04 Å². The summed E-state index contributed by atoms with van der Waals surface area (Å²) >= 11 is 0. The minimum Gasteiger partial charge on any atom is -0.314 e. The van der Waals surface area contributed by atoms with Crippen molar-refractivity contribution in [2.24, 2.45) is 17.8 Å². The first-order chi connectivity index (χ1) is 7.97. The molecule has 4 unspecified atom stereocenters. The number of rotatable bonds is 5. The molecule has 0 saturated carbocycles. The van der Waals surface area contributed by atoms with Gasteiger partial charge in [-0.1, -0.05) is 34.6 Å². The molecule has 17 heavy (non-hydrogen) atoms. The van der Waals surface area contributed by atoms with Gasteiger partial charge in [-0.25, -0.2) is 0 Å². The van der Waals surface area contributed by atoms with Gasteiger partial charge in [0, 0.05) is 18.6 Å². The molecule has 0 aromatic carbocycles. The Morgan fingerprint density at radius 1 is 1.24 bits per heavy atom. The van der Waals surface area contributed by atoms with E-state index in [2.05, 4.69) is 51.8 Å². The number of nitrogens with zero attached hydrogens (tertiary/aromatic N) is 1. The first-order valence-corrected chi connectivity index (χ1v) is 7.44. The number of hydrogen-bond donors (Lipinski definition) is 1. The lowest BCUT2D eigenvalue weighted by Gasteiger charge is -2.44. The van der Waals surface area contributed by atoms with Gasteiger partial charge >= 0.3 is 0 Å². The Labute approximate surface area is 108 Å². The van der Waals surface area contributed by atoms with Crippen LogP contribution >= 0.6 is 0 Å². The molecule has 0 radical (unpaired) electrons. The number of hydrogen-bond acceptors (Lipinski definition) is 2. The van der Waals surface area contributed by atoms with Crippen molar-refractivity contribution in [3.05, 3.63) is 0 Å². The summed E-state index contributed by atoms with van der Waals surface area (Å²) in [7, 11) is 0. The zero-order chi connectivity index (χ0) is 13.0. The van der Waals surface area contributed by atoms with Crippen molar-refractivity contribution in [3.8, 4) is 0 Å². The van der Waals surface area contributed by atoms with Crippen LogP contribution in [-0.2, 0) is 0 Å². The lowest BCUT2D eigenvalue weighted by Crippen LogP contribution is -2.54. The van der Waals surface area contributed by atoms with Crippen molar-refractivity contribution in [1.29, 1.82) is 0 Å². The van der Waals surface area contributed by atoms with Crippen molar-refractivity contribution in [3.63, 3.8) is 0 Å². The molecule has 0 aliphatic carbocycles. The van der Waals surface area contributed by atoms with Crippen LogP contribution in [0.2, 0.25) is 0 Å². The van der Waals surface area contributed by atoms with Crippen LogP contribution in [-0.4, -0.2) is 36.6 Å². The topological polar surface area (TPSA) is 15.3 Å². The number of likely N-dealkylation sites (tertiary alicyclic amines) is 1. The molecule has 1 aliphatic heterocycles. The van der Waals surface area contributed by atoms with Crippen molar-refractivity contribution in [2.75, 3.05) is 19.6 Å². The van der Waals surface area contributed by atoms with Crippen molar-refractivity contribution < 1.29 is 0 Å². The van der Waals surface area contributed by atoms with Crippen LogP contribution < -0.4 is 5.32 Å². The number of piperidine rings is 1. The van der Waals surface area contributed by atoms with Gasteiger partial charge in [0.05, 0.1) is 0 Å². The van der Waals surface area contributed by atoms with Gasteiger partial charge < -0.3 is 10.2 Å². The molecule has 0 spiro atoms. The van der Waals surface area contributed by atoms with Gasteiger partial charge in [0.2, 0.25) is 0 Å². The van der Waals surface area contributed by atoms with Crippen LogP contribution in [0.1, 0.15) is 48.0 Å². The van der Waals surface area contributed by atoms with Gasteiger partial charge in [-0.2, -0.15) is 0 Å². The third-order valence-corrected chi connectivity index (χ3v) is 4.83. The monoisotopic (exact) mass is 240 g/mol. The highest BCUT2D eigenvalue weighted by atomic mass is 15.2. The molecule has 1 fully saturated rings. The van der Waals surface area contributed by atoms with E-state index < -0.39 is 0 Å². The SMILES string of the molecule is CCNC1CCN(CC(C)C(C)C)C(C)C1C. The van der Waals surface area contributed by atoms with Gasteiger partial charge in [0.25, 0.3) is 0 Å². The highest BCUT2D eigenvalue weighted by Crippen LogP contribution is 2.25. The fourth-order valence-corrected chi connectivity index (χ4v) is 2.83. The highest BCUT2D eigenvalue weighted by Gasteiger charge is 2.32. The summed E-state index contributed by atoms with van der Waals surface area (Å²) < 4.78 is 0. The van der Waals surface area contributed by atoms with E-state index in [1.807, 2.05) is 0 Å². The average molecular weight is 240 g/mol. The second kappa shape index (κ2) is 6.75. The molecular formula is C15H32N2. The van der Waals surface area contributed by atoms with Crippen LogP contribution in [0.15, 0.2) is 0 Å². The molecule has 1 heterocycles. The standard InChI is InChI=1S/C15H32N2/c1-7-16-15-8-9-17(14(6)13(15)5)10-12(4)11(2)3/h11-16H,7-10H2,1-6H3. The van der Waals surface area contributed by atoms with E-state index in [1.54, 1.807) is 0 Å². The minimum absolute atomic E-state index is 0.717. The minimum atomic E-state index is 0.717. The lowest BCUT2D eigenvalue weighted by atomic mass is 9.85. The van der Waals surface area contributed by atoms with E-state index >= 15 is 0 Å². The molecule has 1 aliphatic rings. The maximum absolute atomic E-state index is 3.63. The van der Waals surface area contributed by atoms with E-state index in [1.165, 1.54) is 19.5 Å². The van der Waals surface area contributed by atoms with E-state index in [9.17, 15) is 0 Å². The van der Waals surface area contributed by atoms with E-state index in [0.717, 1.165) is 30.3 Å². The third-order valence-electron chi connectivity index (χ3n) is 4.83. The van der Waals surface area contributed by atoms with Crippen LogP contribution in [0.25, 0.3) is 0 Å². The van der Waals surface area contributed by atoms with Crippen LogP contribution in [0.4, 0.5) is 0 Å². The Kier molecular flexibility index (Phi) is 5.94. The van der Waals surface area contributed by atoms with Crippen LogP contribution in [0, 0.1) is 17.8 Å². The lowest BCUT2D eigenvalue weighted by molar-refractivity contribution is 0.0664. The summed E-state index contributed by atoms with van der Waals surface area (Å²) in [5.41, 5.74) is 0. The van der Waals surface area contributed by atoms with Gasteiger partial charge in [-0.3, -0.25) is 0 Å². The summed E-state index contributed by atoms with van der Waals surface area (Å²) in [5.74, 6) is 2.37. The second-order valence-electron chi connectivity index (χ2n) is 6.27. The van der Waals surface area contributed by atoms with Gasteiger partial charge in [0.1, 0.15) is 0 Å². The predicted octanol–water partition coefficient (Wildman–Crippen LogP) is 2.99. The normalized spacial score (nSPS) is 33.0. The molecule has 0 aromatic rings. The summed E-state index contributed by atoms with van der Waals surface area (Å²) in [5, 5.41) is 3.63. The van der Waals surface area contributed by atoms with Gasteiger partial charge in [-0.15, -0.1) is 0 Å². The Morgan fingerprint density at radius 2 is 1.88 bits per heavy atom. The van der Waals surface area contributed by atoms with E-state index in [4.69, 9.17) is 0 Å². The van der Waals surface area contributed by atoms with Crippen molar-refractivity contribution >= 4 is 0 Å². The molecule has 1 saturated heterocycles. The molecule has 4 atom stereocenters. The molecule has 2 heteroatoms. The Bertz CT molecular complexity index is 215. The Hall–Kier alpha value is -0.0800. The first-order valence-electron chi connectivity index (χ1n) is 7.44. The third kappa shape index (κ3) is 3.96. The summed E-state index contributed by atoms with van der Waals surface area (Å²) in [6, 6.07) is 1.44. The van der Waals surface area contributed by atoms with Gasteiger partial charge in [0.15, 0.2) is 0 Å². The quantitative estimate of drug-likeness (QED) is 0.795. The molecule has 0 amide bonds. The van der Waals surface area contributed by atoms with Crippen molar-refractivity contribution in [1.82, 2.24) is 10.2 Å². The number of nitrogens with one attached hydrogen (secondary N) is 1. The molecular weight excluding hydrogens is 208 g/mol. The Morgan fingerprint density at radius 3 is 2.41 bits per heavy atom. The molecule has 102 valence electrons. The zero-order valence-electron chi connectivity index (χ0n) is 12.7. The molecule has 1 N–H and O–H groups in total. The van der Waals surface area contributed by atoms with Crippen molar-refractivity contribution in [2.45, 2.75) is 60.0 Å². The van der Waals surface area contributed by atoms with E-state index in [-0.39, 0.29) is 0 Å². The maximum Gasteiger partial charge on any atom is 0.0120 e. The second-order valence-corrected chi connectivity index (χ2v) is 6.27. The average Bonchev–Trinajstić information content (AvgIpc) is 2.28. The maximum atomic E-state index is 3.63. The first kappa shape index (κ1) is 15.0. The smallest absolute Gasteiger partial charge is 0.0120 e. The molecule has 0 aromatic heterocycles. The summed E-state index contributed by atoms with van der Waals surface area (Å²) in [4.78, 5) is 2.70. The molecule has 1 rings (SSSR count). The fourth-order valence-electron chi connectivity index (χ4n) is 2.83. The fraction of sp³-hybridized carbons (Fsp3) is 1.00. The predicted molar refractivity (Wildman–Crippen MR) is 76.3 cm³/mol. The van der Waals surface area contributed by atoms with Gasteiger partial charge in [-0.05, 0) is 44.2 Å². The summed E-state index contributed by atoms with van der Waals surface area (Å²) in [6.45, 7) is 17.7. The highest BCUT2D eigenvalue weighted by molar-refractivity contribution is 4.89. The molecule has 2 nitrogen and oxygen atoms in total. The largest absolute Gasteiger partial charge is 0.314 e. The zero-order valence-corrected chi connectivity index (χ0v) is 12.7. The van der Waals surface area contributed by atoms with Crippen LogP contribution in [0.3, 0.4) is 0 Å². The summed E-state index contributed by atoms with van der Waals surface area (Å²) in [6.07, 6.45) is 1.31. The Balaban J connectivity index is 2.50. The molecule has 0 bridgehead atoms. The van der Waals surface area contributed by atoms with Crippen LogP contribution in [0.5, 0.6) is 0 Å².